The third-order valence-corrected chi connectivity index (χ3v) is 5.93. The molecule has 0 radical (unpaired) electrons. The lowest BCUT2D eigenvalue weighted by molar-refractivity contribution is 0.188. The largest absolute Gasteiger partial charge is 0.395 e. The Bertz CT molecular complexity index is 1070. The van der Waals surface area contributed by atoms with Crippen molar-refractivity contribution in [3.63, 3.8) is 0 Å². The fourth-order valence-corrected chi connectivity index (χ4v) is 4.24. The number of benzene rings is 2. The molecule has 2 heterocycles. The van der Waals surface area contributed by atoms with Gasteiger partial charge >= 0.3 is 0 Å². The Kier molecular flexibility index (Phi) is 6.67. The van der Waals surface area contributed by atoms with Crippen LogP contribution in [0.4, 0.5) is 17.6 Å². The molecule has 3 aromatic rings. The van der Waals surface area contributed by atoms with E-state index in [1.807, 2.05) is 6.92 Å². The molecule has 2 N–H and O–H groups in total. The van der Waals surface area contributed by atoms with E-state index in [1.165, 1.54) is 16.7 Å². The molecule has 1 fully saturated rings. The summed E-state index contributed by atoms with van der Waals surface area (Å²) >= 11 is 0. The van der Waals surface area contributed by atoms with Gasteiger partial charge in [0.1, 0.15) is 5.82 Å². The number of nitrogens with one attached hydrogen (secondary N) is 1. The first-order valence-electron chi connectivity index (χ1n) is 11.2. The number of aliphatic hydroxyl groups excluding tert-OH is 1. The van der Waals surface area contributed by atoms with Crippen LogP contribution in [-0.4, -0.2) is 64.3 Å². The lowest BCUT2D eigenvalue weighted by atomic mass is 9.98. The minimum Gasteiger partial charge on any atom is -0.395 e. The SMILES string of the molecule is Cc1cccc(-c2cc(C)c(Nc3nc(C)nc(N4CCN(CCO)CC4)n3)c(C)c2)c1. The van der Waals surface area contributed by atoms with Gasteiger partial charge in [0.05, 0.1) is 6.61 Å². The van der Waals surface area contributed by atoms with Gasteiger partial charge in [-0.25, -0.2) is 0 Å². The zero-order valence-electron chi connectivity index (χ0n) is 19.4. The van der Waals surface area contributed by atoms with Crippen molar-refractivity contribution < 1.29 is 5.11 Å². The molecule has 7 heteroatoms. The number of aryl methyl sites for hydroxylation is 4. The van der Waals surface area contributed by atoms with Gasteiger partial charge in [0.15, 0.2) is 0 Å². The van der Waals surface area contributed by atoms with E-state index < -0.39 is 0 Å². The fourth-order valence-electron chi connectivity index (χ4n) is 4.24. The second kappa shape index (κ2) is 9.63. The van der Waals surface area contributed by atoms with Crippen LogP contribution < -0.4 is 10.2 Å². The average molecular weight is 433 g/mol. The first kappa shape index (κ1) is 22.2. The molecule has 1 aromatic heterocycles. The summed E-state index contributed by atoms with van der Waals surface area (Å²) in [7, 11) is 0. The van der Waals surface area contributed by atoms with Crippen molar-refractivity contribution in [3.05, 3.63) is 58.9 Å². The second-order valence-corrected chi connectivity index (χ2v) is 8.54. The third-order valence-electron chi connectivity index (χ3n) is 5.93. The first-order valence-corrected chi connectivity index (χ1v) is 11.2. The summed E-state index contributed by atoms with van der Waals surface area (Å²) < 4.78 is 0. The molecule has 0 spiro atoms. The van der Waals surface area contributed by atoms with Gasteiger partial charge in [-0.2, -0.15) is 15.0 Å². The monoisotopic (exact) mass is 432 g/mol. The quantitative estimate of drug-likeness (QED) is 0.616. The Hall–Kier alpha value is -3.03. The maximum Gasteiger partial charge on any atom is 0.232 e. The van der Waals surface area contributed by atoms with Crippen LogP contribution in [0.5, 0.6) is 0 Å². The van der Waals surface area contributed by atoms with Gasteiger partial charge in [0.25, 0.3) is 0 Å². The zero-order chi connectivity index (χ0) is 22.7. The van der Waals surface area contributed by atoms with Crippen LogP contribution in [0, 0.1) is 27.7 Å². The van der Waals surface area contributed by atoms with Crippen LogP contribution >= 0.6 is 0 Å². The lowest BCUT2D eigenvalue weighted by Gasteiger charge is -2.34. The van der Waals surface area contributed by atoms with E-state index in [0.29, 0.717) is 24.3 Å². The highest BCUT2D eigenvalue weighted by atomic mass is 16.3. The molecule has 1 saturated heterocycles. The molecule has 4 rings (SSSR count). The molecular formula is C25H32N6O. The minimum absolute atomic E-state index is 0.195. The van der Waals surface area contributed by atoms with Gasteiger partial charge in [-0.3, -0.25) is 4.90 Å². The fraction of sp³-hybridized carbons (Fsp3) is 0.400. The van der Waals surface area contributed by atoms with Gasteiger partial charge < -0.3 is 15.3 Å². The number of anilines is 3. The number of aromatic nitrogens is 3. The summed E-state index contributed by atoms with van der Waals surface area (Å²) in [6.45, 7) is 12.6. The van der Waals surface area contributed by atoms with Crippen molar-refractivity contribution in [2.24, 2.45) is 0 Å². The molecule has 0 bridgehead atoms. The molecule has 0 amide bonds. The smallest absolute Gasteiger partial charge is 0.232 e. The molecule has 7 nitrogen and oxygen atoms in total. The number of piperazine rings is 1. The standard InChI is InChI=1S/C25H32N6O/c1-17-6-5-7-21(14-17)22-15-18(2)23(19(3)16-22)28-24-26-20(4)27-25(29-24)31-10-8-30(9-11-31)12-13-32/h5-7,14-16,32H,8-13H2,1-4H3,(H,26,27,28,29). The number of aliphatic hydroxyl groups is 1. The molecule has 0 aliphatic carbocycles. The van der Waals surface area contributed by atoms with Crippen molar-refractivity contribution >= 4 is 17.6 Å². The highest BCUT2D eigenvalue weighted by molar-refractivity contribution is 5.73. The predicted octanol–water partition coefficient (Wildman–Crippen LogP) is 3.63. The predicted molar refractivity (Wildman–Crippen MR) is 130 cm³/mol. The van der Waals surface area contributed by atoms with Gasteiger partial charge in [-0.05, 0) is 62.1 Å². The first-order chi connectivity index (χ1) is 15.4. The Morgan fingerprint density at radius 1 is 0.875 bits per heavy atom. The second-order valence-electron chi connectivity index (χ2n) is 8.54. The van der Waals surface area contributed by atoms with E-state index in [4.69, 9.17) is 10.1 Å². The van der Waals surface area contributed by atoms with Crippen molar-refractivity contribution in [1.29, 1.82) is 0 Å². The summed E-state index contributed by atoms with van der Waals surface area (Å²) in [5.74, 6) is 1.97. The molecule has 0 atom stereocenters. The van der Waals surface area contributed by atoms with Crippen molar-refractivity contribution in [3.8, 4) is 11.1 Å². The van der Waals surface area contributed by atoms with Crippen molar-refractivity contribution in [2.75, 3.05) is 49.5 Å². The zero-order valence-corrected chi connectivity index (χ0v) is 19.4. The van der Waals surface area contributed by atoms with Crippen LogP contribution in [0.2, 0.25) is 0 Å². The van der Waals surface area contributed by atoms with Crippen molar-refractivity contribution in [2.45, 2.75) is 27.7 Å². The van der Waals surface area contributed by atoms with Gasteiger partial charge in [-0.1, -0.05) is 29.8 Å². The third kappa shape index (κ3) is 5.06. The van der Waals surface area contributed by atoms with Gasteiger partial charge in [0, 0.05) is 38.4 Å². The number of rotatable bonds is 6. The van der Waals surface area contributed by atoms with E-state index in [-0.39, 0.29) is 6.61 Å². The molecule has 2 aromatic carbocycles. The Morgan fingerprint density at radius 2 is 1.59 bits per heavy atom. The minimum atomic E-state index is 0.195. The molecule has 0 saturated carbocycles. The van der Waals surface area contributed by atoms with Gasteiger partial charge in [-0.15, -0.1) is 0 Å². The summed E-state index contributed by atoms with van der Waals surface area (Å²) in [5.41, 5.74) is 7.03. The lowest BCUT2D eigenvalue weighted by Crippen LogP contribution is -2.47. The number of nitrogens with zero attached hydrogens (tertiary/aromatic N) is 5. The van der Waals surface area contributed by atoms with E-state index in [9.17, 15) is 0 Å². The number of β-amino-alcohol motifs (C(OH)–C–C–N with tert-alkyl or cyclic N) is 1. The summed E-state index contributed by atoms with van der Waals surface area (Å²) in [5, 5.41) is 12.6. The normalized spacial score (nSPS) is 14.6. The van der Waals surface area contributed by atoms with E-state index in [2.05, 4.69) is 82.3 Å². The summed E-state index contributed by atoms with van der Waals surface area (Å²) in [6, 6.07) is 13.0. The van der Waals surface area contributed by atoms with Crippen LogP contribution in [-0.2, 0) is 0 Å². The maximum absolute atomic E-state index is 9.16. The number of hydrogen-bond donors (Lipinski definition) is 2. The summed E-state index contributed by atoms with van der Waals surface area (Å²) in [6.07, 6.45) is 0. The van der Waals surface area contributed by atoms with Crippen LogP contribution in [0.3, 0.4) is 0 Å². The van der Waals surface area contributed by atoms with E-state index in [1.54, 1.807) is 0 Å². The van der Waals surface area contributed by atoms with E-state index in [0.717, 1.165) is 43.0 Å². The van der Waals surface area contributed by atoms with Crippen LogP contribution in [0.25, 0.3) is 11.1 Å². The number of hydrogen-bond acceptors (Lipinski definition) is 7. The molecule has 0 unspecified atom stereocenters. The molecule has 1 aliphatic heterocycles. The van der Waals surface area contributed by atoms with Crippen LogP contribution in [0.1, 0.15) is 22.5 Å². The topological polar surface area (TPSA) is 77.4 Å². The van der Waals surface area contributed by atoms with Gasteiger partial charge in [0.2, 0.25) is 11.9 Å². The average Bonchev–Trinajstić information content (AvgIpc) is 2.76. The summed E-state index contributed by atoms with van der Waals surface area (Å²) in [4.78, 5) is 18.3. The van der Waals surface area contributed by atoms with Crippen molar-refractivity contribution in [1.82, 2.24) is 19.9 Å². The van der Waals surface area contributed by atoms with E-state index >= 15 is 0 Å². The molecule has 32 heavy (non-hydrogen) atoms. The highest BCUT2D eigenvalue weighted by Gasteiger charge is 2.20. The Morgan fingerprint density at radius 3 is 2.25 bits per heavy atom. The maximum atomic E-state index is 9.16. The molecular weight excluding hydrogens is 400 g/mol. The highest BCUT2D eigenvalue weighted by Crippen LogP contribution is 2.30. The molecule has 168 valence electrons. The van der Waals surface area contributed by atoms with Crippen LogP contribution in [0.15, 0.2) is 36.4 Å². The Balaban J connectivity index is 1.55. The molecule has 1 aliphatic rings. The Labute approximate surface area is 190 Å².